The van der Waals surface area contributed by atoms with Crippen molar-refractivity contribution in [2.75, 3.05) is 39.1 Å². The monoisotopic (exact) mass is 637 g/mol. The topological polar surface area (TPSA) is 83.1 Å². The molecule has 2 atom stereocenters. The van der Waals surface area contributed by atoms with Crippen LogP contribution in [-0.4, -0.2) is 63.4 Å². The lowest BCUT2D eigenvalue weighted by Crippen LogP contribution is -2.47. The second kappa shape index (κ2) is 14.9. The van der Waals surface area contributed by atoms with E-state index in [0.29, 0.717) is 50.0 Å². The minimum Gasteiger partial charge on any atom is -0.376 e. The second-order valence-corrected chi connectivity index (χ2v) is 14.2. The molecular formula is C33H43F3NO6P. The maximum Gasteiger partial charge on any atom is 0.405 e. The van der Waals surface area contributed by atoms with Crippen molar-refractivity contribution in [2.24, 2.45) is 0 Å². The highest BCUT2D eigenvalue weighted by Gasteiger charge is 2.49. The fraction of sp³-hybridized carbons (Fsp3) is 0.606. The second-order valence-electron chi connectivity index (χ2n) is 12.0. The molecule has 2 saturated heterocycles. The van der Waals surface area contributed by atoms with E-state index in [0.717, 1.165) is 49.7 Å². The maximum atomic E-state index is 13.9. The van der Waals surface area contributed by atoms with Crippen LogP contribution in [0.4, 0.5) is 13.2 Å². The summed E-state index contributed by atoms with van der Waals surface area (Å²) in [5, 5.41) is 2.18. The predicted molar refractivity (Wildman–Crippen MR) is 162 cm³/mol. The summed E-state index contributed by atoms with van der Waals surface area (Å²) in [6, 6.07) is 14.8. The number of fused-ring (bicyclic) bond motifs is 3. The number of unbranched alkanes of at least 4 members (excludes halogenated alkanes) is 2. The summed E-state index contributed by atoms with van der Waals surface area (Å²) < 4.78 is 76.8. The summed E-state index contributed by atoms with van der Waals surface area (Å²) >= 11 is 0. The van der Waals surface area contributed by atoms with Crippen LogP contribution in [0, 0.1) is 0 Å². The molecule has 1 aliphatic carbocycles. The first kappa shape index (κ1) is 33.1. The fourth-order valence-corrected chi connectivity index (χ4v) is 8.32. The average Bonchev–Trinajstić information content (AvgIpc) is 3.33. The Morgan fingerprint density at radius 1 is 0.841 bits per heavy atom. The van der Waals surface area contributed by atoms with Crippen LogP contribution in [0.1, 0.15) is 75.3 Å². The van der Waals surface area contributed by atoms with E-state index in [2.05, 4.69) is 5.32 Å². The first-order valence-corrected chi connectivity index (χ1v) is 17.6. The van der Waals surface area contributed by atoms with Crippen LogP contribution in [0.25, 0.3) is 11.1 Å². The first-order valence-electron chi connectivity index (χ1n) is 15.9. The summed E-state index contributed by atoms with van der Waals surface area (Å²) in [6.45, 7) is 0.349. The Labute approximate surface area is 257 Å². The minimum absolute atomic E-state index is 0.107. The number of carbonyl (C=O) groups excluding carboxylic acids is 1. The van der Waals surface area contributed by atoms with E-state index >= 15 is 0 Å². The van der Waals surface area contributed by atoms with Crippen molar-refractivity contribution in [1.82, 2.24) is 5.32 Å². The van der Waals surface area contributed by atoms with Gasteiger partial charge in [0.05, 0.1) is 31.6 Å². The van der Waals surface area contributed by atoms with E-state index in [-0.39, 0.29) is 31.6 Å². The van der Waals surface area contributed by atoms with E-state index in [9.17, 15) is 22.5 Å². The molecule has 1 amide bonds. The van der Waals surface area contributed by atoms with Crippen molar-refractivity contribution < 1.29 is 41.1 Å². The zero-order chi connectivity index (χ0) is 31.0. The van der Waals surface area contributed by atoms with Gasteiger partial charge in [-0.1, -0.05) is 61.4 Å². The summed E-state index contributed by atoms with van der Waals surface area (Å²) in [5.41, 5.74) is 1.86. The molecule has 2 aliphatic heterocycles. The van der Waals surface area contributed by atoms with Gasteiger partial charge in [0.25, 0.3) is 0 Å². The van der Waals surface area contributed by atoms with E-state index in [1.165, 1.54) is 0 Å². The van der Waals surface area contributed by atoms with Gasteiger partial charge in [0.2, 0.25) is 5.91 Å². The molecule has 1 N–H and O–H groups in total. The summed E-state index contributed by atoms with van der Waals surface area (Å²) in [7, 11) is -3.45. The zero-order valence-corrected chi connectivity index (χ0v) is 26.0. The fourth-order valence-electron chi connectivity index (χ4n) is 6.59. The number of amides is 1. The van der Waals surface area contributed by atoms with Gasteiger partial charge in [-0.25, -0.2) is 0 Å². The Kier molecular flexibility index (Phi) is 11.2. The Hall–Kier alpha value is -2.23. The van der Waals surface area contributed by atoms with Crippen molar-refractivity contribution in [3.05, 3.63) is 59.7 Å². The normalized spacial score (nSPS) is 22.5. The summed E-state index contributed by atoms with van der Waals surface area (Å²) in [5.74, 6) is -0.662. The highest BCUT2D eigenvalue weighted by Crippen LogP contribution is 2.53. The van der Waals surface area contributed by atoms with Crippen LogP contribution >= 0.6 is 7.60 Å². The Balaban J connectivity index is 1.26. The number of nitrogens with one attached hydrogen (secondary N) is 1. The minimum atomic E-state index is -4.53. The van der Waals surface area contributed by atoms with Crippen LogP contribution < -0.4 is 5.32 Å². The molecule has 2 aromatic rings. The van der Waals surface area contributed by atoms with Crippen molar-refractivity contribution in [2.45, 2.75) is 88.0 Å². The highest BCUT2D eigenvalue weighted by atomic mass is 31.2. The molecule has 5 rings (SSSR count). The first-order chi connectivity index (χ1) is 21.2. The number of ether oxygens (including phenoxy) is 2. The molecule has 0 saturated carbocycles. The number of halogens is 3. The molecule has 0 bridgehead atoms. The third-order valence-electron chi connectivity index (χ3n) is 8.85. The number of benzene rings is 2. The number of alkyl halides is 3. The average molecular weight is 638 g/mol. The lowest BCUT2D eigenvalue weighted by molar-refractivity contribution is -0.141. The molecule has 7 nitrogen and oxygen atoms in total. The molecule has 2 fully saturated rings. The summed E-state index contributed by atoms with van der Waals surface area (Å²) in [4.78, 5) is 13.7. The van der Waals surface area contributed by atoms with Gasteiger partial charge in [-0.3, -0.25) is 9.36 Å². The predicted octanol–water partition coefficient (Wildman–Crippen LogP) is 7.56. The lowest BCUT2D eigenvalue weighted by atomic mass is 9.73. The molecule has 44 heavy (non-hydrogen) atoms. The van der Waals surface area contributed by atoms with Gasteiger partial charge in [-0.15, -0.1) is 0 Å². The van der Waals surface area contributed by atoms with Gasteiger partial charge >= 0.3 is 13.8 Å². The van der Waals surface area contributed by atoms with Crippen LogP contribution in [0.5, 0.6) is 0 Å². The van der Waals surface area contributed by atoms with Gasteiger partial charge < -0.3 is 23.8 Å². The number of rotatable bonds is 14. The van der Waals surface area contributed by atoms with Crippen molar-refractivity contribution in [3.63, 3.8) is 0 Å². The van der Waals surface area contributed by atoms with Crippen LogP contribution in [0.3, 0.4) is 0 Å². The van der Waals surface area contributed by atoms with E-state index in [4.69, 9.17) is 18.5 Å². The molecule has 2 unspecified atom stereocenters. The molecule has 2 aromatic carbocycles. The zero-order valence-electron chi connectivity index (χ0n) is 25.1. The third kappa shape index (κ3) is 8.13. The Morgan fingerprint density at radius 3 is 1.89 bits per heavy atom. The molecule has 242 valence electrons. The van der Waals surface area contributed by atoms with E-state index in [1.54, 1.807) is 0 Å². The number of hydrogen-bond donors (Lipinski definition) is 1. The molecule has 11 heteroatoms. The molecular weight excluding hydrogens is 594 g/mol. The quantitative estimate of drug-likeness (QED) is 0.170. The Morgan fingerprint density at radius 2 is 1.39 bits per heavy atom. The highest BCUT2D eigenvalue weighted by molar-refractivity contribution is 7.53. The number of hydrogen-bond acceptors (Lipinski definition) is 6. The Bertz CT molecular complexity index is 1220. The van der Waals surface area contributed by atoms with Crippen molar-refractivity contribution in [1.29, 1.82) is 0 Å². The van der Waals surface area contributed by atoms with Gasteiger partial charge in [0, 0.05) is 13.2 Å². The lowest BCUT2D eigenvalue weighted by Gasteiger charge is -2.31. The molecule has 0 spiro atoms. The van der Waals surface area contributed by atoms with Crippen LogP contribution in [0.15, 0.2) is 48.5 Å². The largest absolute Gasteiger partial charge is 0.405 e. The molecule has 0 aromatic heterocycles. The summed E-state index contributed by atoms with van der Waals surface area (Å²) in [6.07, 6.45) is 3.21. The van der Waals surface area contributed by atoms with Gasteiger partial charge in [-0.2, -0.15) is 13.2 Å². The molecule has 0 radical (unpaired) electrons. The van der Waals surface area contributed by atoms with Crippen LogP contribution in [0.2, 0.25) is 0 Å². The van der Waals surface area contributed by atoms with Gasteiger partial charge in [-0.05, 0) is 73.6 Å². The standard InChI is InChI=1S/C33H43F3NO6P/c34-33(35,36)24-37-31(38)32(29-16-4-2-14-27(29)28-15-3-5-17-30(28)32)18-8-1-11-21-44(39,42-22-25-12-6-9-19-40-25)43-23-26-13-7-10-20-41-26/h2-5,14-17,25-26H,1,6-13,18-24H2,(H,37,38). The van der Waals surface area contributed by atoms with E-state index in [1.807, 2.05) is 48.5 Å². The van der Waals surface area contributed by atoms with Gasteiger partial charge in [0.1, 0.15) is 12.0 Å². The molecule has 3 aliphatic rings. The SMILES string of the molecule is O=C(NCC(F)(F)F)C1(CCCCCP(=O)(OCC2CCCCO2)OCC2CCCCO2)c2ccccc2-c2ccccc21. The van der Waals surface area contributed by atoms with E-state index < -0.39 is 31.6 Å². The van der Waals surface area contributed by atoms with Crippen molar-refractivity contribution >= 4 is 13.5 Å². The van der Waals surface area contributed by atoms with Gasteiger partial charge in [0.15, 0.2) is 0 Å². The van der Waals surface area contributed by atoms with Crippen molar-refractivity contribution in [3.8, 4) is 11.1 Å². The third-order valence-corrected chi connectivity index (χ3v) is 10.8. The van der Waals surface area contributed by atoms with Crippen LogP contribution in [-0.2, 0) is 33.3 Å². The number of carbonyl (C=O) groups is 1. The molecule has 2 heterocycles. The maximum absolute atomic E-state index is 13.9. The smallest absolute Gasteiger partial charge is 0.376 e.